The number of carbonyl (C=O) groups is 1. The average Bonchev–Trinajstić information content (AvgIpc) is 2.42. The van der Waals surface area contributed by atoms with Crippen LogP contribution in [0.15, 0.2) is 30.3 Å². The summed E-state index contributed by atoms with van der Waals surface area (Å²) in [6.45, 7) is 4.46. The summed E-state index contributed by atoms with van der Waals surface area (Å²) in [5, 5.41) is 0. The van der Waals surface area contributed by atoms with Crippen LogP contribution >= 0.6 is 0 Å². The van der Waals surface area contributed by atoms with E-state index in [0.29, 0.717) is 18.9 Å². The smallest absolute Gasteiger partial charge is 0.306 e. The van der Waals surface area contributed by atoms with Crippen LogP contribution in [0.5, 0.6) is 0 Å². The minimum absolute atomic E-state index is 0.00981. The van der Waals surface area contributed by atoms with Gasteiger partial charge in [-0.2, -0.15) is 0 Å². The second kappa shape index (κ2) is 9.60. The molecule has 2 heteroatoms. The second-order valence-electron chi connectivity index (χ2n) is 5.17. The highest BCUT2D eigenvalue weighted by molar-refractivity contribution is 5.69. The van der Waals surface area contributed by atoms with E-state index in [2.05, 4.69) is 19.1 Å². The van der Waals surface area contributed by atoms with Gasteiger partial charge in [0.15, 0.2) is 0 Å². The molecule has 0 spiro atoms. The minimum Gasteiger partial charge on any atom is -0.466 e. The van der Waals surface area contributed by atoms with Crippen LogP contribution in [0.4, 0.5) is 0 Å². The van der Waals surface area contributed by atoms with E-state index in [-0.39, 0.29) is 5.97 Å². The van der Waals surface area contributed by atoms with Crippen molar-refractivity contribution in [1.82, 2.24) is 0 Å². The van der Waals surface area contributed by atoms with Crippen LogP contribution in [0.3, 0.4) is 0 Å². The third-order valence-corrected chi connectivity index (χ3v) is 3.43. The molecule has 0 radical (unpaired) electrons. The van der Waals surface area contributed by atoms with Gasteiger partial charge in [0.25, 0.3) is 0 Å². The molecule has 0 N–H and O–H groups in total. The van der Waals surface area contributed by atoms with Crippen molar-refractivity contribution in [3.8, 4) is 0 Å². The van der Waals surface area contributed by atoms with Gasteiger partial charge in [-0.05, 0) is 32.6 Å². The molecule has 2 nitrogen and oxygen atoms in total. The highest BCUT2D eigenvalue weighted by Crippen LogP contribution is 2.26. The lowest BCUT2D eigenvalue weighted by Gasteiger charge is -2.20. The largest absolute Gasteiger partial charge is 0.466 e. The molecule has 0 bridgehead atoms. The van der Waals surface area contributed by atoms with E-state index in [4.69, 9.17) is 4.74 Å². The fraction of sp³-hybridized carbons (Fsp3) is 0.588. The quantitative estimate of drug-likeness (QED) is 0.749. The predicted molar refractivity (Wildman–Crippen MR) is 79.0 cm³/mol. The molecule has 0 amide bonds. The summed E-state index contributed by atoms with van der Waals surface area (Å²) in [4.78, 5) is 11.1. The van der Waals surface area contributed by atoms with Crippen molar-refractivity contribution in [3.05, 3.63) is 35.9 Å². The molecule has 0 heterocycles. The average molecular weight is 262 g/mol. The molecule has 19 heavy (non-hydrogen) atoms. The van der Waals surface area contributed by atoms with E-state index in [9.17, 15) is 4.79 Å². The molecule has 0 aliphatic heterocycles. The Kier molecular flexibility index (Phi) is 7.95. The lowest BCUT2D eigenvalue weighted by molar-refractivity contribution is -0.144. The van der Waals surface area contributed by atoms with Crippen molar-refractivity contribution in [2.24, 2.45) is 5.92 Å². The van der Waals surface area contributed by atoms with Crippen LogP contribution in [-0.4, -0.2) is 12.6 Å². The summed E-state index contributed by atoms with van der Waals surface area (Å²) in [5.41, 5.74) is 1.32. The number of ether oxygens (including phenoxy) is 1. The molecule has 1 aromatic carbocycles. The van der Waals surface area contributed by atoms with Crippen molar-refractivity contribution in [1.29, 1.82) is 0 Å². The molecule has 1 aliphatic rings. The number of aryl methyl sites for hydroxylation is 1. The van der Waals surface area contributed by atoms with Crippen LogP contribution in [0, 0.1) is 12.8 Å². The van der Waals surface area contributed by atoms with Crippen LogP contribution in [0.2, 0.25) is 0 Å². The van der Waals surface area contributed by atoms with Crippen LogP contribution in [0.1, 0.15) is 51.0 Å². The first kappa shape index (κ1) is 15.7. The Balaban J connectivity index is 0.000000218. The molecule has 0 unspecified atom stereocenters. The van der Waals surface area contributed by atoms with Crippen LogP contribution in [-0.2, 0) is 9.53 Å². The van der Waals surface area contributed by atoms with E-state index < -0.39 is 0 Å². The zero-order chi connectivity index (χ0) is 13.9. The van der Waals surface area contributed by atoms with E-state index in [1.165, 1.54) is 37.7 Å². The molecule has 1 aliphatic carbocycles. The monoisotopic (exact) mass is 262 g/mol. The molecule has 2 rings (SSSR count). The predicted octanol–water partition coefficient (Wildman–Crippen LogP) is 4.51. The summed E-state index contributed by atoms with van der Waals surface area (Å²) in [7, 11) is 0. The fourth-order valence-corrected chi connectivity index (χ4v) is 2.38. The Morgan fingerprint density at radius 1 is 1.16 bits per heavy atom. The van der Waals surface area contributed by atoms with Crippen molar-refractivity contribution < 1.29 is 9.53 Å². The highest BCUT2D eigenvalue weighted by Gasteiger charge is 2.17. The van der Waals surface area contributed by atoms with Gasteiger partial charge in [0.05, 0.1) is 6.61 Å². The van der Waals surface area contributed by atoms with Gasteiger partial charge in [-0.25, -0.2) is 0 Å². The Bertz CT molecular complexity index is 340. The van der Waals surface area contributed by atoms with Gasteiger partial charge in [-0.15, -0.1) is 0 Å². The van der Waals surface area contributed by atoms with E-state index >= 15 is 0 Å². The first-order valence-electron chi connectivity index (χ1n) is 7.39. The van der Waals surface area contributed by atoms with Crippen molar-refractivity contribution in [2.75, 3.05) is 6.61 Å². The van der Waals surface area contributed by atoms with Gasteiger partial charge in [0.1, 0.15) is 0 Å². The molecule has 0 aromatic heterocycles. The molecule has 1 saturated carbocycles. The van der Waals surface area contributed by atoms with Gasteiger partial charge in [-0.1, -0.05) is 55.2 Å². The van der Waals surface area contributed by atoms with Crippen LogP contribution in [0.25, 0.3) is 0 Å². The van der Waals surface area contributed by atoms with E-state index in [1.807, 2.05) is 25.1 Å². The van der Waals surface area contributed by atoms with Gasteiger partial charge >= 0.3 is 5.97 Å². The summed E-state index contributed by atoms with van der Waals surface area (Å²) in [6.07, 6.45) is 7.03. The van der Waals surface area contributed by atoms with Crippen LogP contribution < -0.4 is 0 Å². The van der Waals surface area contributed by atoms with E-state index in [0.717, 1.165) is 0 Å². The lowest BCUT2D eigenvalue weighted by atomic mass is 9.87. The number of hydrogen-bond acceptors (Lipinski definition) is 2. The van der Waals surface area contributed by atoms with Crippen molar-refractivity contribution in [2.45, 2.75) is 52.4 Å². The number of rotatable bonds is 3. The van der Waals surface area contributed by atoms with Crippen molar-refractivity contribution in [3.63, 3.8) is 0 Å². The van der Waals surface area contributed by atoms with Gasteiger partial charge in [0.2, 0.25) is 0 Å². The normalized spacial score (nSPS) is 15.3. The zero-order valence-corrected chi connectivity index (χ0v) is 12.2. The maximum Gasteiger partial charge on any atom is 0.306 e. The maximum atomic E-state index is 11.1. The standard InChI is InChI=1S/C10H18O2.C7H8/c1-2-12-10(11)8-9-6-4-3-5-7-9;1-7-5-3-2-4-6-7/h9H,2-8H2,1H3;2-6H,1H3. The summed E-state index contributed by atoms with van der Waals surface area (Å²) in [6, 6.07) is 10.3. The summed E-state index contributed by atoms with van der Waals surface area (Å²) < 4.78 is 4.91. The first-order valence-corrected chi connectivity index (χ1v) is 7.39. The Labute approximate surface area is 117 Å². The third kappa shape index (κ3) is 7.66. The number of hydrogen-bond donors (Lipinski definition) is 0. The maximum absolute atomic E-state index is 11.1. The van der Waals surface area contributed by atoms with Gasteiger partial charge in [0, 0.05) is 6.42 Å². The topological polar surface area (TPSA) is 26.3 Å². The molecule has 1 fully saturated rings. The Morgan fingerprint density at radius 3 is 2.26 bits per heavy atom. The first-order chi connectivity index (χ1) is 9.22. The number of esters is 1. The molecule has 106 valence electrons. The number of carbonyl (C=O) groups excluding carboxylic acids is 1. The number of benzene rings is 1. The Morgan fingerprint density at radius 2 is 1.79 bits per heavy atom. The van der Waals surface area contributed by atoms with Gasteiger partial charge < -0.3 is 4.74 Å². The molecular weight excluding hydrogens is 236 g/mol. The zero-order valence-electron chi connectivity index (χ0n) is 12.2. The second-order valence-corrected chi connectivity index (χ2v) is 5.17. The fourth-order valence-electron chi connectivity index (χ4n) is 2.38. The Hall–Kier alpha value is -1.31. The molecule has 1 aromatic rings. The molecular formula is C17H26O2. The molecule has 0 atom stereocenters. The summed E-state index contributed by atoms with van der Waals surface area (Å²) in [5.74, 6) is 0.599. The molecule has 0 saturated heterocycles. The lowest BCUT2D eigenvalue weighted by Crippen LogP contribution is -2.14. The van der Waals surface area contributed by atoms with Gasteiger partial charge in [-0.3, -0.25) is 4.79 Å². The van der Waals surface area contributed by atoms with Crippen molar-refractivity contribution >= 4 is 5.97 Å². The SMILES string of the molecule is CCOC(=O)CC1CCCCC1.Cc1ccccc1. The highest BCUT2D eigenvalue weighted by atomic mass is 16.5. The minimum atomic E-state index is -0.00981. The van der Waals surface area contributed by atoms with E-state index in [1.54, 1.807) is 0 Å². The third-order valence-electron chi connectivity index (χ3n) is 3.43. The summed E-state index contributed by atoms with van der Waals surface area (Å²) >= 11 is 0.